The third-order valence-corrected chi connectivity index (χ3v) is 3.43. The van der Waals surface area contributed by atoms with E-state index in [0.717, 1.165) is 18.2 Å². The molecule has 10 heteroatoms. The van der Waals surface area contributed by atoms with Crippen LogP contribution in [0.15, 0.2) is 49.1 Å². The lowest BCUT2D eigenvalue weighted by Crippen LogP contribution is -2.16. The Hall–Kier alpha value is -3.43. The Balaban J connectivity index is 1.83. The number of methoxy groups -OCH3 is 1. The van der Waals surface area contributed by atoms with E-state index in [1.807, 2.05) is 0 Å². The van der Waals surface area contributed by atoms with Crippen LogP contribution in [0, 0.1) is 0 Å². The molecule has 0 saturated carbocycles. The second kappa shape index (κ2) is 6.82. The summed E-state index contributed by atoms with van der Waals surface area (Å²) in [5.41, 5.74) is -1.09. The number of hydrogen-bond donors (Lipinski definition) is 1. The number of hydrogen-bond acceptors (Lipinski definition) is 5. The van der Waals surface area contributed by atoms with Gasteiger partial charge in [0.25, 0.3) is 5.91 Å². The van der Waals surface area contributed by atoms with Gasteiger partial charge in [0.2, 0.25) is 0 Å². The smallest absolute Gasteiger partial charge is 0.416 e. The highest BCUT2D eigenvalue weighted by Gasteiger charge is 2.31. The van der Waals surface area contributed by atoms with E-state index in [0.29, 0.717) is 5.82 Å². The summed E-state index contributed by atoms with van der Waals surface area (Å²) in [6.07, 6.45) is 0.175. The van der Waals surface area contributed by atoms with Crippen molar-refractivity contribution in [3.8, 4) is 11.6 Å². The Morgan fingerprint density at radius 2 is 2.00 bits per heavy atom. The number of benzene rings is 1. The number of imidazole rings is 1. The molecule has 3 rings (SSSR count). The Bertz CT molecular complexity index is 909. The molecule has 0 radical (unpaired) electrons. The highest BCUT2D eigenvalue weighted by molar-refractivity contribution is 6.03. The number of halogens is 3. The summed E-state index contributed by atoms with van der Waals surface area (Å²) in [6.45, 7) is 0. The van der Waals surface area contributed by atoms with Crippen molar-refractivity contribution in [2.75, 3.05) is 12.4 Å². The average molecular weight is 363 g/mol. The van der Waals surface area contributed by atoms with Gasteiger partial charge in [0.15, 0.2) is 11.5 Å². The molecule has 0 saturated heterocycles. The second-order valence-electron chi connectivity index (χ2n) is 5.11. The van der Waals surface area contributed by atoms with Gasteiger partial charge in [-0.3, -0.25) is 9.36 Å². The number of amides is 1. The summed E-state index contributed by atoms with van der Waals surface area (Å²) in [7, 11) is 1.29. The minimum absolute atomic E-state index is 0.0617. The van der Waals surface area contributed by atoms with Gasteiger partial charge < -0.3 is 10.1 Å². The van der Waals surface area contributed by atoms with Gasteiger partial charge >= 0.3 is 6.18 Å². The van der Waals surface area contributed by atoms with Crippen molar-refractivity contribution in [3.05, 3.63) is 60.3 Å². The highest BCUT2D eigenvalue weighted by Crippen LogP contribution is 2.35. The molecule has 0 fully saturated rings. The minimum atomic E-state index is -4.54. The number of carbonyl (C=O) groups excluding carboxylic acids is 1. The zero-order valence-corrected chi connectivity index (χ0v) is 13.4. The molecule has 7 nitrogen and oxygen atoms in total. The first-order chi connectivity index (χ1) is 12.4. The van der Waals surface area contributed by atoms with Crippen molar-refractivity contribution in [1.82, 2.24) is 19.7 Å². The average Bonchev–Trinajstić information content (AvgIpc) is 3.15. The van der Waals surface area contributed by atoms with Crippen molar-refractivity contribution in [2.45, 2.75) is 6.18 Å². The van der Waals surface area contributed by atoms with Crippen molar-refractivity contribution in [2.24, 2.45) is 0 Å². The molecule has 3 aromatic rings. The summed E-state index contributed by atoms with van der Waals surface area (Å²) in [6, 6.07) is 5.73. The summed E-state index contributed by atoms with van der Waals surface area (Å²) in [4.78, 5) is 16.1. The second-order valence-corrected chi connectivity index (χ2v) is 5.11. The lowest BCUT2D eigenvalue weighted by molar-refractivity contribution is -0.137. The molecule has 26 heavy (non-hydrogen) atoms. The standard InChI is InChI=1S/C16H12F3N5O2/c1-26-13-4-2-10(16(17,18)19)8-12(13)21-15(25)11-3-5-14(23-22-11)24-7-6-20-9-24/h2-9H,1H3,(H,21,25). The predicted molar refractivity (Wildman–Crippen MR) is 85.1 cm³/mol. The van der Waals surface area contributed by atoms with Crippen molar-refractivity contribution >= 4 is 11.6 Å². The van der Waals surface area contributed by atoms with E-state index in [1.165, 1.54) is 25.6 Å². The van der Waals surface area contributed by atoms with E-state index in [-0.39, 0.29) is 17.1 Å². The van der Waals surface area contributed by atoms with Crippen LogP contribution in [0.4, 0.5) is 18.9 Å². The van der Waals surface area contributed by atoms with E-state index in [2.05, 4.69) is 20.5 Å². The molecular formula is C16H12F3N5O2. The summed E-state index contributed by atoms with van der Waals surface area (Å²) in [5.74, 6) is -0.183. The quantitative estimate of drug-likeness (QED) is 0.771. The fourth-order valence-corrected chi connectivity index (χ4v) is 2.15. The van der Waals surface area contributed by atoms with Crippen LogP contribution in [0.2, 0.25) is 0 Å². The van der Waals surface area contributed by atoms with Gasteiger partial charge in [0.05, 0.1) is 18.4 Å². The third kappa shape index (κ3) is 3.63. The Kier molecular flexibility index (Phi) is 4.57. The highest BCUT2D eigenvalue weighted by atomic mass is 19.4. The van der Waals surface area contributed by atoms with E-state index in [4.69, 9.17) is 4.74 Å². The van der Waals surface area contributed by atoms with E-state index in [9.17, 15) is 18.0 Å². The SMILES string of the molecule is COc1ccc(C(F)(F)F)cc1NC(=O)c1ccc(-n2ccnc2)nn1. The number of ether oxygens (including phenoxy) is 1. The van der Waals surface area contributed by atoms with Gasteiger partial charge in [-0.1, -0.05) is 0 Å². The molecule has 0 aliphatic carbocycles. The van der Waals surface area contributed by atoms with Gasteiger partial charge in [-0.15, -0.1) is 10.2 Å². The number of nitrogens with zero attached hydrogens (tertiary/aromatic N) is 4. The molecule has 0 aliphatic rings. The first-order valence-electron chi connectivity index (χ1n) is 7.27. The lowest BCUT2D eigenvalue weighted by Gasteiger charge is -2.13. The summed E-state index contributed by atoms with van der Waals surface area (Å²) >= 11 is 0. The van der Waals surface area contributed by atoms with Crippen LogP contribution >= 0.6 is 0 Å². The maximum atomic E-state index is 12.9. The predicted octanol–water partition coefficient (Wildman–Crippen LogP) is 2.94. The van der Waals surface area contributed by atoms with E-state index < -0.39 is 17.6 Å². The van der Waals surface area contributed by atoms with Gasteiger partial charge in [-0.05, 0) is 30.3 Å². The number of anilines is 1. The molecule has 0 spiro atoms. The molecule has 1 N–H and O–H groups in total. The molecule has 2 aromatic heterocycles. The summed E-state index contributed by atoms with van der Waals surface area (Å²) < 4.78 is 45.2. The van der Waals surface area contributed by atoms with Crippen LogP contribution in [0.5, 0.6) is 5.75 Å². The molecule has 134 valence electrons. The molecule has 0 unspecified atom stereocenters. The van der Waals surface area contributed by atoms with E-state index in [1.54, 1.807) is 17.0 Å². The van der Waals surface area contributed by atoms with Crippen molar-refractivity contribution in [1.29, 1.82) is 0 Å². The van der Waals surface area contributed by atoms with Crippen molar-refractivity contribution in [3.63, 3.8) is 0 Å². The fourth-order valence-electron chi connectivity index (χ4n) is 2.15. The Morgan fingerprint density at radius 1 is 1.19 bits per heavy atom. The Labute approximate surface area is 145 Å². The number of carbonyl (C=O) groups is 1. The number of rotatable bonds is 4. The van der Waals surface area contributed by atoms with Crippen LogP contribution in [-0.4, -0.2) is 32.8 Å². The van der Waals surface area contributed by atoms with Gasteiger partial charge in [-0.2, -0.15) is 13.2 Å². The van der Waals surface area contributed by atoms with Crippen LogP contribution in [0.3, 0.4) is 0 Å². The maximum Gasteiger partial charge on any atom is 0.416 e. The normalized spacial score (nSPS) is 11.2. The molecule has 0 atom stereocenters. The van der Waals surface area contributed by atoms with Crippen LogP contribution in [0.1, 0.15) is 16.1 Å². The van der Waals surface area contributed by atoms with Crippen LogP contribution in [-0.2, 0) is 6.18 Å². The monoisotopic (exact) mass is 363 g/mol. The number of alkyl halides is 3. The van der Waals surface area contributed by atoms with Crippen molar-refractivity contribution < 1.29 is 22.7 Å². The molecule has 1 aromatic carbocycles. The first-order valence-corrected chi connectivity index (χ1v) is 7.27. The maximum absolute atomic E-state index is 12.9. The molecule has 2 heterocycles. The largest absolute Gasteiger partial charge is 0.495 e. The Morgan fingerprint density at radius 3 is 2.58 bits per heavy atom. The number of nitrogens with one attached hydrogen (secondary N) is 1. The van der Waals surface area contributed by atoms with E-state index >= 15 is 0 Å². The first kappa shape index (κ1) is 17.4. The zero-order chi connectivity index (χ0) is 18.7. The lowest BCUT2D eigenvalue weighted by atomic mass is 10.1. The van der Waals surface area contributed by atoms with Gasteiger partial charge in [0.1, 0.15) is 12.1 Å². The summed E-state index contributed by atoms with van der Waals surface area (Å²) in [5, 5.41) is 10.0. The zero-order valence-electron chi connectivity index (χ0n) is 13.4. The molecule has 0 aliphatic heterocycles. The third-order valence-electron chi connectivity index (χ3n) is 3.43. The van der Waals surface area contributed by atoms with Crippen LogP contribution in [0.25, 0.3) is 5.82 Å². The fraction of sp³-hybridized carbons (Fsp3) is 0.125. The topological polar surface area (TPSA) is 81.9 Å². The minimum Gasteiger partial charge on any atom is -0.495 e. The molecule has 1 amide bonds. The number of aromatic nitrogens is 4. The van der Waals surface area contributed by atoms with Crippen LogP contribution < -0.4 is 10.1 Å². The molecule has 0 bridgehead atoms. The van der Waals surface area contributed by atoms with Gasteiger partial charge in [-0.25, -0.2) is 4.98 Å². The molecular weight excluding hydrogens is 351 g/mol. The van der Waals surface area contributed by atoms with Gasteiger partial charge in [0, 0.05) is 12.4 Å².